The molecule has 1 amide bonds. The van der Waals surface area contributed by atoms with Gasteiger partial charge in [-0.3, -0.25) is 0 Å². The Morgan fingerprint density at radius 3 is 1.43 bits per heavy atom. The Labute approximate surface area is 222 Å². The van der Waals surface area contributed by atoms with E-state index >= 15 is 0 Å². The van der Waals surface area contributed by atoms with Gasteiger partial charge in [0, 0.05) is 11.0 Å². The van der Waals surface area contributed by atoms with Crippen LogP contribution in [0.1, 0.15) is 5.56 Å². The molecule has 11 heteroatoms. The van der Waals surface area contributed by atoms with E-state index in [1.54, 1.807) is 0 Å². The fraction of sp³-hybridized carbons (Fsp3) is 0.708. The van der Waals surface area contributed by atoms with E-state index in [2.05, 4.69) is 27.9 Å². The largest absolute Gasteiger partial charge is 0.445 e. The minimum absolute atomic E-state index is 0.246. The monoisotopic (exact) mass is 613 g/mol. The van der Waals surface area contributed by atoms with Crippen LogP contribution < -0.4 is 5.32 Å². The van der Waals surface area contributed by atoms with E-state index in [0.717, 1.165) is 16.6 Å². The molecule has 1 N–H and O–H groups in total. The zero-order valence-corrected chi connectivity index (χ0v) is 22.6. The summed E-state index contributed by atoms with van der Waals surface area (Å²) in [5, 5.41) is 2.64. The Bertz CT molecular complexity index is 583. The minimum atomic E-state index is -0.462. The molecule has 0 aliphatic heterocycles. The van der Waals surface area contributed by atoms with Gasteiger partial charge in [-0.1, -0.05) is 52.9 Å². The van der Waals surface area contributed by atoms with Gasteiger partial charge >= 0.3 is 6.09 Å². The van der Waals surface area contributed by atoms with Crippen LogP contribution in [0.3, 0.4) is 0 Å². The SMILES string of the molecule is O=C(NCCOCCOCCOCCOCCOCCOCCOCCI)OCc1ccccc1. The highest BCUT2D eigenvalue weighted by molar-refractivity contribution is 14.1. The highest BCUT2D eigenvalue weighted by Gasteiger charge is 2.01. The minimum Gasteiger partial charge on any atom is -0.445 e. The molecule has 10 nitrogen and oxygen atoms in total. The molecule has 0 radical (unpaired) electrons. The van der Waals surface area contributed by atoms with Crippen LogP contribution in [-0.2, 0) is 44.5 Å². The highest BCUT2D eigenvalue weighted by Crippen LogP contribution is 2.00. The third-order valence-corrected chi connectivity index (χ3v) is 4.62. The zero-order chi connectivity index (χ0) is 25.1. The quantitative estimate of drug-likeness (QED) is 0.101. The molecule has 0 aliphatic rings. The average molecular weight is 613 g/mol. The Morgan fingerprint density at radius 2 is 1.00 bits per heavy atom. The first-order valence-electron chi connectivity index (χ1n) is 11.9. The van der Waals surface area contributed by atoms with Crippen LogP contribution in [0.15, 0.2) is 30.3 Å². The maximum atomic E-state index is 11.6. The molecule has 0 saturated carbocycles. The van der Waals surface area contributed by atoms with Crippen LogP contribution in [0.2, 0.25) is 0 Å². The first-order chi connectivity index (χ1) is 17.3. The number of nitrogens with one attached hydrogen (secondary N) is 1. The Kier molecular flexibility index (Phi) is 23.8. The third kappa shape index (κ3) is 23.1. The van der Waals surface area contributed by atoms with Gasteiger partial charge in [0.25, 0.3) is 0 Å². The van der Waals surface area contributed by atoms with Crippen LogP contribution in [-0.4, -0.2) is 110 Å². The number of carbonyl (C=O) groups excluding carboxylic acids is 1. The second-order valence-corrected chi connectivity index (χ2v) is 8.04. The summed E-state index contributed by atoms with van der Waals surface area (Å²) in [6.45, 7) is 8.06. The molecule has 0 fully saturated rings. The highest BCUT2D eigenvalue weighted by atomic mass is 127. The average Bonchev–Trinajstić information content (AvgIpc) is 2.88. The number of alkyl halides is 1. The van der Waals surface area contributed by atoms with Gasteiger partial charge in [0.1, 0.15) is 6.61 Å². The number of hydrogen-bond donors (Lipinski definition) is 1. The van der Waals surface area contributed by atoms with E-state index in [1.807, 2.05) is 30.3 Å². The number of ether oxygens (including phenoxy) is 8. The van der Waals surface area contributed by atoms with Gasteiger partial charge in [0.2, 0.25) is 0 Å². The van der Waals surface area contributed by atoms with Crippen molar-refractivity contribution in [1.29, 1.82) is 0 Å². The Hall–Kier alpha value is -1.06. The van der Waals surface area contributed by atoms with Gasteiger partial charge in [-0.05, 0) is 5.56 Å². The molecular weight excluding hydrogens is 573 g/mol. The van der Waals surface area contributed by atoms with Gasteiger partial charge in [-0.2, -0.15) is 0 Å². The number of halogens is 1. The topological polar surface area (TPSA) is 103 Å². The van der Waals surface area contributed by atoms with Crippen molar-refractivity contribution >= 4 is 28.7 Å². The number of hydrogen-bond acceptors (Lipinski definition) is 9. The molecule has 35 heavy (non-hydrogen) atoms. The number of carbonyl (C=O) groups is 1. The molecule has 1 aromatic carbocycles. The predicted octanol–water partition coefficient (Wildman–Crippen LogP) is 2.46. The molecule has 202 valence electrons. The Morgan fingerprint density at radius 1 is 0.600 bits per heavy atom. The molecule has 0 atom stereocenters. The van der Waals surface area contributed by atoms with Gasteiger partial charge in [-0.15, -0.1) is 0 Å². The molecule has 1 aromatic rings. The van der Waals surface area contributed by atoms with E-state index < -0.39 is 6.09 Å². The molecule has 1 rings (SSSR count). The van der Waals surface area contributed by atoms with Crippen molar-refractivity contribution in [2.75, 3.05) is 103 Å². The van der Waals surface area contributed by atoms with Crippen molar-refractivity contribution in [1.82, 2.24) is 5.32 Å². The lowest BCUT2D eigenvalue weighted by atomic mass is 10.2. The molecule has 0 bridgehead atoms. The lowest BCUT2D eigenvalue weighted by Gasteiger charge is -2.09. The summed E-state index contributed by atoms with van der Waals surface area (Å²) in [4.78, 5) is 11.6. The number of rotatable bonds is 25. The molecule has 0 spiro atoms. The fourth-order valence-corrected chi connectivity index (χ4v) is 2.79. The summed E-state index contributed by atoms with van der Waals surface area (Å²) < 4.78 is 43.9. The summed E-state index contributed by atoms with van der Waals surface area (Å²) in [5.74, 6) is 0. The van der Waals surface area contributed by atoms with Crippen molar-refractivity contribution in [3.05, 3.63) is 35.9 Å². The number of alkyl carbamates (subject to hydrolysis) is 1. The van der Waals surface area contributed by atoms with Gasteiger partial charge in [0.15, 0.2) is 0 Å². The summed E-state index contributed by atoms with van der Waals surface area (Å²) in [6.07, 6.45) is -0.462. The van der Waals surface area contributed by atoms with E-state index in [4.69, 9.17) is 37.9 Å². The number of amides is 1. The van der Waals surface area contributed by atoms with E-state index in [-0.39, 0.29) is 6.61 Å². The molecule has 0 unspecified atom stereocenters. The molecule has 0 aliphatic carbocycles. The van der Waals surface area contributed by atoms with Crippen molar-refractivity contribution < 1.29 is 42.7 Å². The summed E-state index contributed by atoms with van der Waals surface area (Å²) in [6, 6.07) is 9.52. The smallest absolute Gasteiger partial charge is 0.407 e. The standard InChI is InChI=1S/C24H40INO9/c25-6-8-28-10-12-30-14-16-32-18-20-34-21-19-33-17-15-31-13-11-29-9-7-26-24(27)35-22-23-4-2-1-3-5-23/h1-5H,6-22H2,(H,26,27). The third-order valence-electron chi connectivity index (χ3n) is 4.18. The van der Waals surface area contributed by atoms with E-state index in [9.17, 15) is 4.79 Å². The van der Waals surface area contributed by atoms with Crippen LogP contribution in [0.5, 0.6) is 0 Å². The first-order valence-corrected chi connectivity index (χ1v) is 13.4. The summed E-state index contributed by atoms with van der Waals surface area (Å²) >= 11 is 2.27. The second-order valence-electron chi connectivity index (χ2n) is 6.96. The van der Waals surface area contributed by atoms with E-state index in [0.29, 0.717) is 92.4 Å². The summed E-state index contributed by atoms with van der Waals surface area (Å²) in [5.41, 5.74) is 0.944. The number of benzene rings is 1. The van der Waals surface area contributed by atoms with Crippen LogP contribution >= 0.6 is 22.6 Å². The van der Waals surface area contributed by atoms with Crippen molar-refractivity contribution in [2.24, 2.45) is 0 Å². The fourth-order valence-electron chi connectivity index (χ4n) is 2.48. The Balaban J connectivity index is 1.69. The van der Waals surface area contributed by atoms with Gasteiger partial charge < -0.3 is 43.2 Å². The molecular formula is C24H40INO9. The second kappa shape index (κ2) is 26.0. The maximum absolute atomic E-state index is 11.6. The zero-order valence-electron chi connectivity index (χ0n) is 20.5. The maximum Gasteiger partial charge on any atom is 0.407 e. The van der Waals surface area contributed by atoms with Crippen molar-refractivity contribution in [2.45, 2.75) is 6.61 Å². The van der Waals surface area contributed by atoms with Crippen LogP contribution in [0.4, 0.5) is 4.79 Å². The van der Waals surface area contributed by atoms with Gasteiger partial charge in [0.05, 0.1) is 92.5 Å². The summed E-state index contributed by atoms with van der Waals surface area (Å²) in [7, 11) is 0. The van der Waals surface area contributed by atoms with Crippen LogP contribution in [0, 0.1) is 0 Å². The lowest BCUT2D eigenvalue weighted by Crippen LogP contribution is -2.28. The molecule has 0 saturated heterocycles. The normalized spacial score (nSPS) is 11.0. The van der Waals surface area contributed by atoms with Crippen LogP contribution in [0.25, 0.3) is 0 Å². The molecule has 0 heterocycles. The van der Waals surface area contributed by atoms with E-state index in [1.165, 1.54) is 0 Å². The van der Waals surface area contributed by atoms with Gasteiger partial charge in [-0.25, -0.2) is 4.79 Å². The first kappa shape index (κ1) is 32.0. The lowest BCUT2D eigenvalue weighted by molar-refractivity contribution is -0.0199. The molecule has 0 aromatic heterocycles. The predicted molar refractivity (Wildman–Crippen MR) is 139 cm³/mol. The van der Waals surface area contributed by atoms with Crippen molar-refractivity contribution in [3.8, 4) is 0 Å². The van der Waals surface area contributed by atoms with Crippen molar-refractivity contribution in [3.63, 3.8) is 0 Å².